The number of aromatic nitrogens is 4. The van der Waals surface area contributed by atoms with Gasteiger partial charge in [-0.25, -0.2) is 0 Å². The Balaban J connectivity index is 1.34. The Hall–Kier alpha value is -2.93. The molecule has 3 aromatic rings. The maximum Gasteiger partial charge on any atom is 0.269 e. The molecule has 3 heterocycles. The Morgan fingerprint density at radius 2 is 1.80 bits per heavy atom. The molecule has 1 aromatic carbocycles. The maximum atomic E-state index is 12.6. The van der Waals surface area contributed by atoms with Crippen LogP contribution in [0, 0.1) is 13.8 Å². The molecule has 0 bridgehead atoms. The number of aryl methyl sites for hydroxylation is 2. The molecule has 0 saturated carbocycles. The van der Waals surface area contributed by atoms with E-state index in [0.717, 1.165) is 34.8 Å². The first-order chi connectivity index (χ1) is 14.5. The minimum absolute atomic E-state index is 0.162. The standard InChI is InChI=1S/C23H30N6O/c1-16-22(17(2)28(3)27-16)20-13-21(26-25-20)23(30)24-14-18-7-9-19(10-8-18)15-29-11-5-4-6-12-29/h7-10,13H,4-6,11-12,14-15H2,1-3H3,(H,24,30)(H,25,26). The van der Waals surface area contributed by atoms with E-state index in [9.17, 15) is 4.79 Å². The van der Waals surface area contributed by atoms with Crippen LogP contribution in [0.1, 0.15) is 52.3 Å². The van der Waals surface area contributed by atoms with E-state index in [1.807, 2.05) is 25.6 Å². The predicted octanol–water partition coefficient (Wildman–Crippen LogP) is 3.34. The predicted molar refractivity (Wildman–Crippen MR) is 117 cm³/mol. The lowest BCUT2D eigenvalue weighted by Crippen LogP contribution is -2.29. The largest absolute Gasteiger partial charge is 0.347 e. The van der Waals surface area contributed by atoms with Crippen LogP contribution < -0.4 is 5.32 Å². The number of nitrogens with one attached hydrogen (secondary N) is 2. The Bertz CT molecular complexity index is 1010. The third-order valence-electron chi connectivity index (χ3n) is 5.92. The second-order valence-electron chi connectivity index (χ2n) is 8.17. The summed E-state index contributed by atoms with van der Waals surface area (Å²) in [6.45, 7) is 7.84. The van der Waals surface area contributed by atoms with E-state index < -0.39 is 0 Å². The third kappa shape index (κ3) is 4.46. The summed E-state index contributed by atoms with van der Waals surface area (Å²) in [6.07, 6.45) is 3.97. The summed E-state index contributed by atoms with van der Waals surface area (Å²) < 4.78 is 1.83. The minimum atomic E-state index is -0.162. The van der Waals surface area contributed by atoms with Crippen molar-refractivity contribution in [3.8, 4) is 11.3 Å². The molecule has 0 unspecified atom stereocenters. The van der Waals surface area contributed by atoms with Crippen LogP contribution in [0.25, 0.3) is 11.3 Å². The van der Waals surface area contributed by atoms with E-state index >= 15 is 0 Å². The van der Waals surface area contributed by atoms with Gasteiger partial charge >= 0.3 is 0 Å². The summed E-state index contributed by atoms with van der Waals surface area (Å²) in [4.78, 5) is 15.1. The van der Waals surface area contributed by atoms with Gasteiger partial charge in [-0.05, 0) is 57.0 Å². The highest BCUT2D eigenvalue weighted by Gasteiger charge is 2.17. The molecule has 1 fully saturated rings. The van der Waals surface area contributed by atoms with Crippen molar-refractivity contribution in [2.75, 3.05) is 13.1 Å². The number of benzene rings is 1. The van der Waals surface area contributed by atoms with Gasteiger partial charge in [-0.15, -0.1) is 0 Å². The van der Waals surface area contributed by atoms with Crippen LogP contribution in [0.15, 0.2) is 30.3 Å². The quantitative estimate of drug-likeness (QED) is 0.658. The molecule has 0 radical (unpaired) electrons. The van der Waals surface area contributed by atoms with Gasteiger partial charge in [0.15, 0.2) is 0 Å². The first-order valence-corrected chi connectivity index (χ1v) is 10.7. The number of carbonyl (C=O) groups excluding carboxylic acids is 1. The molecule has 0 atom stereocenters. The summed E-state index contributed by atoms with van der Waals surface area (Å²) in [7, 11) is 1.91. The summed E-state index contributed by atoms with van der Waals surface area (Å²) in [5.41, 5.74) is 6.50. The SMILES string of the molecule is Cc1nn(C)c(C)c1-c1cc(C(=O)NCc2ccc(CN3CCCCC3)cc2)[nH]n1. The molecular weight excluding hydrogens is 376 g/mol. The van der Waals surface area contributed by atoms with Gasteiger partial charge in [0.2, 0.25) is 0 Å². The van der Waals surface area contributed by atoms with Gasteiger partial charge < -0.3 is 5.32 Å². The molecule has 4 rings (SSSR count). The number of carbonyl (C=O) groups is 1. The van der Waals surface area contributed by atoms with Crippen molar-refractivity contribution in [2.45, 2.75) is 46.2 Å². The zero-order valence-electron chi connectivity index (χ0n) is 18.0. The minimum Gasteiger partial charge on any atom is -0.347 e. The number of rotatable bonds is 6. The zero-order valence-corrected chi connectivity index (χ0v) is 18.0. The van der Waals surface area contributed by atoms with E-state index in [0.29, 0.717) is 12.2 Å². The van der Waals surface area contributed by atoms with Crippen LogP contribution in [0.4, 0.5) is 0 Å². The summed E-state index contributed by atoms with van der Waals surface area (Å²) in [5, 5.41) is 14.6. The Kier molecular flexibility index (Phi) is 5.99. The van der Waals surface area contributed by atoms with Gasteiger partial charge in [0.25, 0.3) is 5.91 Å². The van der Waals surface area contributed by atoms with Crippen molar-refractivity contribution in [1.29, 1.82) is 0 Å². The van der Waals surface area contributed by atoms with Crippen molar-refractivity contribution in [3.63, 3.8) is 0 Å². The van der Waals surface area contributed by atoms with E-state index in [2.05, 4.69) is 49.8 Å². The van der Waals surface area contributed by atoms with Crippen LogP contribution in [-0.2, 0) is 20.1 Å². The first kappa shape index (κ1) is 20.3. The van der Waals surface area contributed by atoms with Crippen LogP contribution in [0.5, 0.6) is 0 Å². The highest BCUT2D eigenvalue weighted by atomic mass is 16.1. The molecule has 0 aliphatic carbocycles. The molecule has 7 heteroatoms. The van der Waals surface area contributed by atoms with Crippen molar-refractivity contribution < 1.29 is 4.79 Å². The molecule has 2 aromatic heterocycles. The Morgan fingerprint density at radius 3 is 2.47 bits per heavy atom. The lowest BCUT2D eigenvalue weighted by Gasteiger charge is -2.26. The van der Waals surface area contributed by atoms with Crippen LogP contribution in [0.2, 0.25) is 0 Å². The maximum absolute atomic E-state index is 12.6. The molecular formula is C23H30N6O. The van der Waals surface area contributed by atoms with Crippen LogP contribution >= 0.6 is 0 Å². The average Bonchev–Trinajstić information content (AvgIpc) is 3.32. The molecule has 2 N–H and O–H groups in total. The normalized spacial score (nSPS) is 14.8. The number of piperidine rings is 1. The fraction of sp³-hybridized carbons (Fsp3) is 0.435. The van der Waals surface area contributed by atoms with Gasteiger partial charge in [0.1, 0.15) is 5.69 Å². The lowest BCUT2D eigenvalue weighted by molar-refractivity contribution is 0.0946. The first-order valence-electron chi connectivity index (χ1n) is 10.7. The molecule has 30 heavy (non-hydrogen) atoms. The smallest absolute Gasteiger partial charge is 0.269 e. The molecule has 158 valence electrons. The van der Waals surface area contributed by atoms with Gasteiger partial charge in [-0.1, -0.05) is 30.7 Å². The van der Waals surface area contributed by atoms with Crippen molar-refractivity contribution in [3.05, 3.63) is 58.5 Å². The third-order valence-corrected chi connectivity index (χ3v) is 5.92. The van der Waals surface area contributed by atoms with E-state index in [4.69, 9.17) is 0 Å². The van der Waals surface area contributed by atoms with Gasteiger partial charge in [-0.3, -0.25) is 19.5 Å². The summed E-state index contributed by atoms with van der Waals surface area (Å²) >= 11 is 0. The summed E-state index contributed by atoms with van der Waals surface area (Å²) in [5.74, 6) is -0.162. The molecule has 1 saturated heterocycles. The second-order valence-corrected chi connectivity index (χ2v) is 8.17. The highest BCUT2D eigenvalue weighted by molar-refractivity contribution is 5.93. The topological polar surface area (TPSA) is 78.8 Å². The molecule has 1 amide bonds. The Morgan fingerprint density at radius 1 is 1.10 bits per heavy atom. The fourth-order valence-electron chi connectivity index (χ4n) is 4.13. The lowest BCUT2D eigenvalue weighted by atomic mass is 10.1. The van der Waals surface area contributed by atoms with E-state index in [1.54, 1.807) is 6.07 Å². The zero-order chi connectivity index (χ0) is 21.1. The van der Waals surface area contributed by atoms with Crippen LogP contribution in [-0.4, -0.2) is 43.9 Å². The van der Waals surface area contributed by atoms with Crippen molar-refractivity contribution in [2.24, 2.45) is 7.05 Å². The average molecular weight is 407 g/mol. The highest BCUT2D eigenvalue weighted by Crippen LogP contribution is 2.25. The van der Waals surface area contributed by atoms with Crippen molar-refractivity contribution >= 4 is 5.91 Å². The number of nitrogens with zero attached hydrogens (tertiary/aromatic N) is 4. The number of likely N-dealkylation sites (tertiary alicyclic amines) is 1. The fourth-order valence-corrected chi connectivity index (χ4v) is 4.13. The van der Waals surface area contributed by atoms with Gasteiger partial charge in [0, 0.05) is 31.4 Å². The number of hydrogen-bond donors (Lipinski definition) is 2. The van der Waals surface area contributed by atoms with Gasteiger partial charge in [-0.2, -0.15) is 10.2 Å². The van der Waals surface area contributed by atoms with E-state index in [1.165, 1.54) is 37.9 Å². The molecule has 0 spiro atoms. The number of aromatic amines is 1. The van der Waals surface area contributed by atoms with Crippen molar-refractivity contribution in [1.82, 2.24) is 30.2 Å². The summed E-state index contributed by atoms with van der Waals surface area (Å²) in [6, 6.07) is 10.3. The number of amides is 1. The molecule has 1 aliphatic heterocycles. The van der Waals surface area contributed by atoms with Crippen LogP contribution in [0.3, 0.4) is 0 Å². The molecule has 1 aliphatic rings. The Labute approximate surface area is 177 Å². The number of H-pyrrole nitrogens is 1. The number of hydrogen-bond acceptors (Lipinski definition) is 4. The second kappa shape index (κ2) is 8.83. The van der Waals surface area contributed by atoms with E-state index in [-0.39, 0.29) is 5.91 Å². The monoisotopic (exact) mass is 406 g/mol. The molecule has 7 nitrogen and oxygen atoms in total. The van der Waals surface area contributed by atoms with Gasteiger partial charge in [0.05, 0.1) is 11.4 Å².